The maximum atomic E-state index is 13.5. The summed E-state index contributed by atoms with van der Waals surface area (Å²) in [7, 11) is 1.39. The molecule has 8 heteroatoms. The van der Waals surface area contributed by atoms with Gasteiger partial charge in [-0.3, -0.25) is 4.79 Å². The van der Waals surface area contributed by atoms with Gasteiger partial charge in [0.1, 0.15) is 11.6 Å². The SMILES string of the molecule is CCC(=O)Nc1ccc(Nc2cc(C(F)(F)F)c3cc(OC)ccc3n2)cc1. The summed E-state index contributed by atoms with van der Waals surface area (Å²) >= 11 is 0. The monoisotopic (exact) mass is 389 g/mol. The first-order valence-electron chi connectivity index (χ1n) is 8.53. The molecule has 0 fully saturated rings. The molecule has 0 bridgehead atoms. The molecule has 3 aromatic rings. The van der Waals surface area contributed by atoms with Crippen molar-refractivity contribution >= 4 is 34.0 Å². The Morgan fingerprint density at radius 2 is 1.75 bits per heavy atom. The molecule has 0 aliphatic rings. The standard InChI is InChI=1S/C20H18F3N3O2/c1-3-19(27)25-13-6-4-12(5-7-13)24-18-11-16(20(21,22)23)15-10-14(28-2)8-9-17(15)26-18/h4-11H,3H2,1-2H3,(H,24,26)(H,25,27). The van der Waals surface area contributed by atoms with Gasteiger partial charge < -0.3 is 15.4 Å². The van der Waals surface area contributed by atoms with Crippen molar-refractivity contribution in [3.05, 3.63) is 54.1 Å². The number of methoxy groups -OCH3 is 1. The van der Waals surface area contributed by atoms with Gasteiger partial charge in [0.05, 0.1) is 18.2 Å². The Morgan fingerprint density at radius 1 is 1.07 bits per heavy atom. The molecule has 0 aliphatic heterocycles. The number of hydrogen-bond donors (Lipinski definition) is 2. The lowest BCUT2D eigenvalue weighted by Gasteiger charge is -2.14. The van der Waals surface area contributed by atoms with Crippen molar-refractivity contribution in [2.45, 2.75) is 19.5 Å². The van der Waals surface area contributed by atoms with Crippen LogP contribution in [0.2, 0.25) is 0 Å². The van der Waals surface area contributed by atoms with Gasteiger partial charge in [0.2, 0.25) is 5.91 Å². The molecule has 2 N–H and O–H groups in total. The fourth-order valence-electron chi connectivity index (χ4n) is 2.66. The second kappa shape index (κ2) is 7.75. The second-order valence-electron chi connectivity index (χ2n) is 6.04. The van der Waals surface area contributed by atoms with Crippen LogP contribution in [0, 0.1) is 0 Å². The van der Waals surface area contributed by atoms with Crippen molar-refractivity contribution in [3.63, 3.8) is 0 Å². The predicted molar refractivity (Wildman–Crippen MR) is 102 cm³/mol. The Balaban J connectivity index is 1.94. The highest BCUT2D eigenvalue weighted by molar-refractivity contribution is 5.90. The van der Waals surface area contributed by atoms with Crippen molar-refractivity contribution in [1.82, 2.24) is 4.98 Å². The quantitative estimate of drug-likeness (QED) is 0.617. The number of rotatable bonds is 5. The minimum atomic E-state index is -4.54. The molecule has 0 saturated carbocycles. The lowest BCUT2D eigenvalue weighted by Crippen LogP contribution is -2.09. The third-order valence-corrected chi connectivity index (χ3v) is 4.08. The van der Waals surface area contributed by atoms with Gasteiger partial charge in [-0.05, 0) is 48.5 Å². The molecule has 5 nitrogen and oxygen atoms in total. The second-order valence-corrected chi connectivity index (χ2v) is 6.04. The molecular formula is C20H18F3N3O2. The van der Waals surface area contributed by atoms with Crippen molar-refractivity contribution < 1.29 is 22.7 Å². The van der Waals surface area contributed by atoms with E-state index >= 15 is 0 Å². The average Bonchev–Trinajstić information content (AvgIpc) is 2.67. The maximum Gasteiger partial charge on any atom is 0.417 e. The van der Waals surface area contributed by atoms with E-state index in [0.29, 0.717) is 23.5 Å². The Labute approximate surface area is 159 Å². The number of fused-ring (bicyclic) bond motifs is 1. The number of carbonyl (C=O) groups is 1. The number of nitrogens with one attached hydrogen (secondary N) is 2. The van der Waals surface area contributed by atoms with Gasteiger partial charge in [-0.15, -0.1) is 0 Å². The van der Waals surface area contributed by atoms with Gasteiger partial charge in [-0.2, -0.15) is 13.2 Å². The van der Waals surface area contributed by atoms with E-state index in [4.69, 9.17) is 4.74 Å². The van der Waals surface area contributed by atoms with E-state index < -0.39 is 11.7 Å². The number of halogens is 3. The number of amides is 1. The molecule has 1 amide bonds. The molecule has 0 aliphatic carbocycles. The molecule has 0 spiro atoms. The number of benzene rings is 2. The number of carbonyl (C=O) groups excluding carboxylic acids is 1. The Hall–Kier alpha value is -3.29. The third kappa shape index (κ3) is 4.33. The van der Waals surface area contributed by atoms with Gasteiger partial charge in [0.25, 0.3) is 0 Å². The molecule has 0 saturated heterocycles. The van der Waals surface area contributed by atoms with E-state index in [9.17, 15) is 18.0 Å². The van der Waals surface area contributed by atoms with Crippen LogP contribution in [0.25, 0.3) is 10.9 Å². The summed E-state index contributed by atoms with van der Waals surface area (Å²) in [4.78, 5) is 15.7. The summed E-state index contributed by atoms with van der Waals surface area (Å²) in [6.07, 6.45) is -4.19. The zero-order chi connectivity index (χ0) is 20.3. The lowest BCUT2D eigenvalue weighted by molar-refractivity contribution is -0.136. The molecule has 0 atom stereocenters. The lowest BCUT2D eigenvalue weighted by atomic mass is 10.1. The van der Waals surface area contributed by atoms with Gasteiger partial charge >= 0.3 is 6.18 Å². The third-order valence-electron chi connectivity index (χ3n) is 4.08. The van der Waals surface area contributed by atoms with Crippen LogP contribution in [-0.2, 0) is 11.0 Å². The smallest absolute Gasteiger partial charge is 0.417 e. The van der Waals surface area contributed by atoms with Crippen molar-refractivity contribution in [2.75, 3.05) is 17.7 Å². The minimum Gasteiger partial charge on any atom is -0.497 e. The first kappa shape index (κ1) is 19.5. The topological polar surface area (TPSA) is 63.2 Å². The zero-order valence-corrected chi connectivity index (χ0v) is 15.2. The number of anilines is 3. The summed E-state index contributed by atoms with van der Waals surface area (Å²) in [6, 6.07) is 12.0. The van der Waals surface area contributed by atoms with E-state index in [1.54, 1.807) is 37.3 Å². The summed E-state index contributed by atoms with van der Waals surface area (Å²) in [6.45, 7) is 1.74. The van der Waals surface area contributed by atoms with E-state index in [1.165, 1.54) is 19.2 Å². The highest BCUT2D eigenvalue weighted by Gasteiger charge is 2.33. The van der Waals surface area contributed by atoms with Gasteiger partial charge in [-0.25, -0.2) is 4.98 Å². The molecule has 146 valence electrons. The normalized spacial score (nSPS) is 11.3. The highest BCUT2D eigenvalue weighted by Crippen LogP contribution is 2.37. The molecular weight excluding hydrogens is 371 g/mol. The molecule has 1 heterocycles. The number of aromatic nitrogens is 1. The van der Waals surface area contributed by atoms with Crippen LogP contribution in [0.5, 0.6) is 5.75 Å². The van der Waals surface area contributed by atoms with E-state index in [1.807, 2.05) is 0 Å². The zero-order valence-electron chi connectivity index (χ0n) is 15.2. The van der Waals surface area contributed by atoms with Crippen LogP contribution in [0.4, 0.5) is 30.4 Å². The summed E-state index contributed by atoms with van der Waals surface area (Å²) in [5.41, 5.74) is 0.547. The van der Waals surface area contributed by atoms with Crippen molar-refractivity contribution in [1.29, 1.82) is 0 Å². The van der Waals surface area contributed by atoms with Crippen LogP contribution in [0.15, 0.2) is 48.5 Å². The fourth-order valence-corrected chi connectivity index (χ4v) is 2.66. The molecule has 2 aromatic carbocycles. The fraction of sp³-hybridized carbons (Fsp3) is 0.200. The number of hydrogen-bond acceptors (Lipinski definition) is 4. The van der Waals surface area contributed by atoms with E-state index in [-0.39, 0.29) is 22.6 Å². The molecule has 0 unspecified atom stereocenters. The van der Waals surface area contributed by atoms with Crippen LogP contribution in [0.3, 0.4) is 0 Å². The Kier molecular flexibility index (Phi) is 5.39. The van der Waals surface area contributed by atoms with E-state index in [0.717, 1.165) is 6.07 Å². The van der Waals surface area contributed by atoms with Crippen LogP contribution in [-0.4, -0.2) is 18.0 Å². The van der Waals surface area contributed by atoms with Crippen molar-refractivity contribution in [3.8, 4) is 5.75 Å². The first-order valence-corrected chi connectivity index (χ1v) is 8.53. The predicted octanol–water partition coefficient (Wildman–Crippen LogP) is 5.35. The number of alkyl halides is 3. The highest BCUT2D eigenvalue weighted by atomic mass is 19.4. The minimum absolute atomic E-state index is 0.0324. The first-order chi connectivity index (χ1) is 13.3. The number of pyridine rings is 1. The summed E-state index contributed by atoms with van der Waals surface area (Å²) in [5, 5.41) is 5.55. The van der Waals surface area contributed by atoms with Gasteiger partial charge in [0.15, 0.2) is 0 Å². The number of nitrogens with zero attached hydrogens (tertiary/aromatic N) is 1. The van der Waals surface area contributed by atoms with Crippen molar-refractivity contribution in [2.24, 2.45) is 0 Å². The van der Waals surface area contributed by atoms with Crippen LogP contribution >= 0.6 is 0 Å². The van der Waals surface area contributed by atoms with Crippen LogP contribution in [0.1, 0.15) is 18.9 Å². The maximum absolute atomic E-state index is 13.5. The molecule has 3 rings (SSSR count). The van der Waals surface area contributed by atoms with Gasteiger partial charge in [-0.1, -0.05) is 6.92 Å². The van der Waals surface area contributed by atoms with Gasteiger partial charge in [0, 0.05) is 23.2 Å². The number of ether oxygens (including phenoxy) is 1. The molecule has 28 heavy (non-hydrogen) atoms. The molecule has 0 radical (unpaired) electrons. The summed E-state index contributed by atoms with van der Waals surface area (Å²) < 4.78 is 45.7. The van der Waals surface area contributed by atoms with E-state index in [2.05, 4.69) is 15.6 Å². The average molecular weight is 389 g/mol. The molecule has 1 aromatic heterocycles. The summed E-state index contributed by atoms with van der Waals surface area (Å²) in [5.74, 6) is 0.266. The Bertz CT molecular complexity index is 1000. The largest absolute Gasteiger partial charge is 0.497 e. The van der Waals surface area contributed by atoms with Crippen LogP contribution < -0.4 is 15.4 Å². The Morgan fingerprint density at radius 3 is 2.36 bits per heavy atom.